The van der Waals surface area contributed by atoms with Crippen molar-refractivity contribution in [3.05, 3.63) is 93.7 Å². The van der Waals surface area contributed by atoms with E-state index >= 15 is 0 Å². The summed E-state index contributed by atoms with van der Waals surface area (Å²) in [7, 11) is 1.19. The van der Waals surface area contributed by atoms with Crippen molar-refractivity contribution in [1.29, 1.82) is 0 Å². The second-order valence-electron chi connectivity index (χ2n) is 11.1. The molecule has 0 aliphatic rings. The highest BCUT2D eigenvalue weighted by molar-refractivity contribution is 6.06. The number of hydrogen-bond acceptors (Lipinski definition) is 9. The second-order valence-corrected chi connectivity index (χ2v) is 11.1. The van der Waals surface area contributed by atoms with E-state index in [0.717, 1.165) is 10.2 Å². The monoisotopic (exact) mass is 599 g/mol. The first-order valence-corrected chi connectivity index (χ1v) is 13.6. The first-order chi connectivity index (χ1) is 20.8. The molecule has 12 heteroatoms. The number of benzene rings is 3. The van der Waals surface area contributed by atoms with Crippen LogP contribution in [0.2, 0.25) is 0 Å². The van der Waals surface area contributed by atoms with Crippen LogP contribution in [0.25, 0.3) is 17.1 Å². The lowest BCUT2D eigenvalue weighted by Gasteiger charge is -2.18. The molecule has 0 spiro atoms. The Morgan fingerprint density at radius 2 is 1.68 bits per heavy atom. The molecule has 12 nitrogen and oxygen atoms in total. The molecular weight excluding hydrogens is 566 g/mol. The molecule has 3 N–H and O–H groups in total. The summed E-state index contributed by atoms with van der Waals surface area (Å²) in [6.07, 6.45) is 0.736. The lowest BCUT2D eigenvalue weighted by molar-refractivity contribution is -0.136. The van der Waals surface area contributed by atoms with Gasteiger partial charge in [-0.05, 0) is 99.3 Å². The number of methoxy groups -OCH3 is 1. The minimum absolute atomic E-state index is 0.103. The molecular formula is C32H33N5O7. The third-order valence-electron chi connectivity index (χ3n) is 6.39. The highest BCUT2D eigenvalue weighted by Crippen LogP contribution is 2.20. The average molecular weight is 600 g/mol. The molecule has 0 bridgehead atoms. The summed E-state index contributed by atoms with van der Waals surface area (Å²) in [4.78, 5) is 51.3. The van der Waals surface area contributed by atoms with E-state index in [1.54, 1.807) is 89.2 Å². The Kier molecular flexibility index (Phi) is 9.12. The van der Waals surface area contributed by atoms with E-state index < -0.39 is 23.6 Å². The molecule has 0 unspecified atom stereocenters. The number of aryl methyl sites for hydroxylation is 2. The van der Waals surface area contributed by atoms with Gasteiger partial charge in [-0.15, -0.1) is 9.78 Å². The zero-order valence-electron chi connectivity index (χ0n) is 25.2. The zero-order chi connectivity index (χ0) is 32.2. The molecule has 0 aliphatic carbocycles. The average Bonchev–Trinajstić information content (AvgIpc) is 3.37. The number of esters is 1. The van der Waals surface area contributed by atoms with Crippen molar-refractivity contribution in [3.8, 4) is 5.75 Å². The number of nitrogens with one attached hydrogen (secondary N) is 2. The van der Waals surface area contributed by atoms with Crippen LogP contribution in [0.15, 0.2) is 60.3 Å². The third kappa shape index (κ3) is 7.46. The smallest absolute Gasteiger partial charge is 0.437 e. The molecule has 0 saturated heterocycles. The zero-order valence-corrected chi connectivity index (χ0v) is 25.2. The molecule has 0 radical (unpaired) electrons. The molecule has 0 saturated carbocycles. The largest absolute Gasteiger partial charge is 0.508 e. The number of hydrogen-bond donors (Lipinski definition) is 3. The van der Waals surface area contributed by atoms with Crippen LogP contribution in [0.1, 0.15) is 63.7 Å². The van der Waals surface area contributed by atoms with Gasteiger partial charge < -0.3 is 25.2 Å². The van der Waals surface area contributed by atoms with E-state index in [9.17, 15) is 24.3 Å². The van der Waals surface area contributed by atoms with Crippen molar-refractivity contribution in [2.24, 2.45) is 0 Å². The Balaban J connectivity index is 1.54. The van der Waals surface area contributed by atoms with Gasteiger partial charge in [0.25, 0.3) is 11.8 Å². The van der Waals surface area contributed by atoms with Crippen LogP contribution in [0.4, 0.5) is 4.79 Å². The summed E-state index contributed by atoms with van der Waals surface area (Å²) in [5.41, 5.74) is 2.82. The number of rotatable bonds is 7. The molecule has 4 rings (SSSR count). The summed E-state index contributed by atoms with van der Waals surface area (Å²) in [5, 5.41) is 23.0. The van der Waals surface area contributed by atoms with Gasteiger partial charge in [0.2, 0.25) is 0 Å². The van der Waals surface area contributed by atoms with Crippen molar-refractivity contribution >= 4 is 41.0 Å². The summed E-state index contributed by atoms with van der Waals surface area (Å²) < 4.78 is 11.3. The van der Waals surface area contributed by atoms with Gasteiger partial charge in [-0.3, -0.25) is 9.59 Å². The molecule has 228 valence electrons. The fourth-order valence-electron chi connectivity index (χ4n) is 4.48. The molecule has 0 aliphatic heterocycles. The Hall–Kier alpha value is -5.52. The number of aromatic nitrogens is 3. The van der Waals surface area contributed by atoms with E-state index in [2.05, 4.69) is 20.9 Å². The lowest BCUT2D eigenvalue weighted by Crippen LogP contribution is -2.29. The van der Waals surface area contributed by atoms with Crippen molar-refractivity contribution in [2.75, 3.05) is 7.11 Å². The molecule has 4 aromatic rings. The SMILES string of the molecule is COC(=O)/C(=C/c1ccc2c(c1)nnn2C(=O)OC(C)(C)C)NC(=O)c1c(C)cc(C(=O)NCc2cccc(O)c2)cc1C. The minimum Gasteiger partial charge on any atom is -0.508 e. The van der Waals surface area contributed by atoms with Crippen LogP contribution in [0.3, 0.4) is 0 Å². The highest BCUT2D eigenvalue weighted by atomic mass is 16.6. The fourth-order valence-corrected chi connectivity index (χ4v) is 4.48. The van der Waals surface area contributed by atoms with E-state index in [1.165, 1.54) is 13.2 Å². The Morgan fingerprint density at radius 3 is 2.32 bits per heavy atom. The van der Waals surface area contributed by atoms with Gasteiger partial charge in [0.15, 0.2) is 0 Å². The summed E-state index contributed by atoms with van der Waals surface area (Å²) in [5.74, 6) is -1.60. The van der Waals surface area contributed by atoms with Crippen LogP contribution < -0.4 is 10.6 Å². The molecule has 0 fully saturated rings. The number of fused-ring (bicyclic) bond motifs is 1. The van der Waals surface area contributed by atoms with E-state index in [1.807, 2.05) is 0 Å². The number of ether oxygens (including phenoxy) is 2. The molecule has 1 aromatic heterocycles. The topological polar surface area (TPSA) is 162 Å². The number of carbonyl (C=O) groups excluding carboxylic acids is 4. The predicted octanol–water partition coefficient (Wildman–Crippen LogP) is 4.41. The molecule has 0 atom stereocenters. The third-order valence-corrected chi connectivity index (χ3v) is 6.39. The predicted molar refractivity (Wildman–Crippen MR) is 162 cm³/mol. The van der Waals surface area contributed by atoms with E-state index in [4.69, 9.17) is 9.47 Å². The fraction of sp³-hybridized carbons (Fsp3) is 0.250. The standard InChI is InChI=1S/C32H33N5O7/c1-18-12-22(28(39)33-17-21-8-7-9-23(38)14-21)13-19(2)27(18)29(40)34-25(30(41)43-6)16-20-10-11-26-24(15-20)35-36-37(26)31(42)44-32(3,4)5/h7-16,38H,17H2,1-6H3,(H,33,39)(H,34,40)/b25-16-. The number of nitrogens with zero attached hydrogens (tertiary/aromatic N) is 3. The van der Waals surface area contributed by atoms with Crippen LogP contribution in [-0.4, -0.2) is 56.7 Å². The normalized spacial score (nSPS) is 11.6. The van der Waals surface area contributed by atoms with E-state index in [-0.39, 0.29) is 23.9 Å². The maximum atomic E-state index is 13.4. The van der Waals surface area contributed by atoms with Crippen LogP contribution in [0.5, 0.6) is 5.75 Å². The Labute approximate surface area is 253 Å². The number of amides is 2. The van der Waals surface area contributed by atoms with Crippen molar-refractivity contribution in [2.45, 2.75) is 46.8 Å². The maximum Gasteiger partial charge on any atom is 0.437 e. The molecule has 3 aromatic carbocycles. The van der Waals surface area contributed by atoms with Gasteiger partial charge >= 0.3 is 12.1 Å². The quantitative estimate of drug-likeness (QED) is 0.206. The van der Waals surface area contributed by atoms with Crippen molar-refractivity contribution < 1.29 is 33.8 Å². The summed E-state index contributed by atoms with van der Waals surface area (Å²) in [6, 6.07) is 14.6. The first kappa shape index (κ1) is 31.4. The number of aromatic hydroxyl groups is 1. The van der Waals surface area contributed by atoms with E-state index in [0.29, 0.717) is 38.9 Å². The van der Waals surface area contributed by atoms with Gasteiger partial charge in [0, 0.05) is 17.7 Å². The molecule has 2 amide bonds. The van der Waals surface area contributed by atoms with Gasteiger partial charge in [0.05, 0.1) is 7.11 Å². The number of phenols is 1. The second kappa shape index (κ2) is 12.8. The summed E-state index contributed by atoms with van der Waals surface area (Å²) in [6.45, 7) is 8.82. The van der Waals surface area contributed by atoms with Gasteiger partial charge in [-0.2, -0.15) is 0 Å². The lowest BCUT2D eigenvalue weighted by atomic mass is 9.98. The van der Waals surface area contributed by atoms with Crippen LogP contribution in [0, 0.1) is 13.8 Å². The van der Waals surface area contributed by atoms with Crippen molar-refractivity contribution in [1.82, 2.24) is 25.6 Å². The van der Waals surface area contributed by atoms with Crippen LogP contribution in [-0.2, 0) is 20.8 Å². The first-order valence-electron chi connectivity index (χ1n) is 13.6. The van der Waals surface area contributed by atoms with Gasteiger partial charge in [-0.25, -0.2) is 9.59 Å². The number of carbonyl (C=O) groups is 4. The number of phenolic OH excluding ortho intramolecular Hbond substituents is 1. The highest BCUT2D eigenvalue weighted by Gasteiger charge is 2.22. The maximum absolute atomic E-state index is 13.4. The summed E-state index contributed by atoms with van der Waals surface area (Å²) >= 11 is 0. The van der Waals surface area contributed by atoms with Gasteiger partial charge in [0.1, 0.15) is 28.1 Å². The Morgan fingerprint density at radius 1 is 0.977 bits per heavy atom. The van der Waals surface area contributed by atoms with Crippen LogP contribution >= 0.6 is 0 Å². The minimum atomic E-state index is -0.783. The van der Waals surface area contributed by atoms with Gasteiger partial charge in [-0.1, -0.05) is 23.4 Å². The Bertz CT molecular complexity index is 1780. The van der Waals surface area contributed by atoms with Crippen molar-refractivity contribution in [3.63, 3.8) is 0 Å². The molecule has 1 heterocycles. The molecule has 44 heavy (non-hydrogen) atoms.